The molecular formula is C17H19NO7. The number of carbonyl (C=O) groups is 3. The molecule has 0 bridgehead atoms. The molecule has 0 unspecified atom stereocenters. The summed E-state index contributed by atoms with van der Waals surface area (Å²) in [6.07, 6.45) is 0. The van der Waals surface area contributed by atoms with Gasteiger partial charge in [-0.3, -0.25) is 0 Å². The minimum Gasteiger partial charge on any atom is -0.466 e. The maximum atomic E-state index is 12.3. The lowest BCUT2D eigenvalue weighted by molar-refractivity contribution is -0.140. The van der Waals surface area contributed by atoms with E-state index in [4.69, 9.17) is 18.9 Å². The Bertz CT molecular complexity index is 739. The molecule has 0 aliphatic carbocycles. The van der Waals surface area contributed by atoms with Crippen molar-refractivity contribution in [3.8, 4) is 0 Å². The van der Waals surface area contributed by atoms with Gasteiger partial charge in [-0.2, -0.15) is 0 Å². The van der Waals surface area contributed by atoms with Gasteiger partial charge < -0.3 is 23.8 Å². The van der Waals surface area contributed by atoms with E-state index in [1.165, 1.54) is 26.2 Å². The van der Waals surface area contributed by atoms with Crippen molar-refractivity contribution in [1.29, 1.82) is 0 Å². The highest BCUT2D eigenvalue weighted by Crippen LogP contribution is 2.30. The number of benzene rings is 1. The van der Waals surface area contributed by atoms with E-state index >= 15 is 0 Å². The summed E-state index contributed by atoms with van der Waals surface area (Å²) >= 11 is 0. The fraction of sp³-hybridized carbons (Fsp3) is 0.353. The SMILES string of the molecule is COC(=O)C1=C(C(=O)OC)N(c2cc(C(=O)OC)ccc2C)COC1. The second-order valence-corrected chi connectivity index (χ2v) is 5.21. The van der Waals surface area contributed by atoms with Crippen molar-refractivity contribution in [3.05, 3.63) is 40.6 Å². The highest BCUT2D eigenvalue weighted by molar-refractivity contribution is 6.03. The van der Waals surface area contributed by atoms with Crippen LogP contribution in [0.2, 0.25) is 0 Å². The largest absolute Gasteiger partial charge is 0.466 e. The number of nitrogens with zero attached hydrogens (tertiary/aromatic N) is 1. The lowest BCUT2D eigenvalue weighted by Gasteiger charge is -2.32. The van der Waals surface area contributed by atoms with Crippen LogP contribution in [0.15, 0.2) is 29.5 Å². The Hall–Kier alpha value is -2.87. The van der Waals surface area contributed by atoms with Gasteiger partial charge >= 0.3 is 17.9 Å². The zero-order valence-corrected chi connectivity index (χ0v) is 14.5. The van der Waals surface area contributed by atoms with E-state index in [1.807, 2.05) is 0 Å². The molecule has 0 fully saturated rings. The summed E-state index contributed by atoms with van der Waals surface area (Å²) in [7, 11) is 3.71. The van der Waals surface area contributed by atoms with Gasteiger partial charge in [-0.25, -0.2) is 14.4 Å². The number of hydrogen-bond donors (Lipinski definition) is 0. The van der Waals surface area contributed by atoms with Crippen molar-refractivity contribution in [3.63, 3.8) is 0 Å². The van der Waals surface area contributed by atoms with Crippen LogP contribution in [0.5, 0.6) is 0 Å². The fourth-order valence-electron chi connectivity index (χ4n) is 2.48. The Balaban J connectivity index is 2.61. The van der Waals surface area contributed by atoms with Gasteiger partial charge in [-0.1, -0.05) is 6.07 Å². The molecule has 2 rings (SSSR count). The molecule has 134 valence electrons. The van der Waals surface area contributed by atoms with E-state index in [1.54, 1.807) is 25.1 Å². The zero-order chi connectivity index (χ0) is 18.6. The van der Waals surface area contributed by atoms with Crippen LogP contribution in [0.4, 0.5) is 5.69 Å². The summed E-state index contributed by atoms with van der Waals surface area (Å²) in [5.74, 6) is -1.91. The van der Waals surface area contributed by atoms with E-state index < -0.39 is 17.9 Å². The predicted molar refractivity (Wildman–Crippen MR) is 86.9 cm³/mol. The smallest absolute Gasteiger partial charge is 0.355 e. The number of hydrogen-bond acceptors (Lipinski definition) is 8. The molecule has 25 heavy (non-hydrogen) atoms. The van der Waals surface area contributed by atoms with Gasteiger partial charge in [0, 0.05) is 5.69 Å². The number of methoxy groups -OCH3 is 3. The average molecular weight is 349 g/mol. The van der Waals surface area contributed by atoms with Crippen molar-refractivity contribution in [2.24, 2.45) is 0 Å². The van der Waals surface area contributed by atoms with Crippen LogP contribution >= 0.6 is 0 Å². The van der Waals surface area contributed by atoms with E-state index in [2.05, 4.69) is 0 Å². The van der Waals surface area contributed by atoms with E-state index in [0.717, 1.165) is 5.56 Å². The van der Waals surface area contributed by atoms with Crippen molar-refractivity contribution in [2.45, 2.75) is 6.92 Å². The predicted octanol–water partition coefficient (Wildman–Crippen LogP) is 1.18. The molecule has 0 radical (unpaired) electrons. The molecule has 1 aliphatic heterocycles. The molecular weight excluding hydrogens is 330 g/mol. The number of ether oxygens (including phenoxy) is 4. The lowest BCUT2D eigenvalue weighted by Crippen LogP contribution is -2.39. The first-order valence-corrected chi connectivity index (χ1v) is 7.38. The molecule has 8 heteroatoms. The van der Waals surface area contributed by atoms with Gasteiger partial charge in [-0.15, -0.1) is 0 Å². The lowest BCUT2D eigenvalue weighted by atomic mass is 10.1. The van der Waals surface area contributed by atoms with E-state index in [-0.39, 0.29) is 24.6 Å². The number of aryl methyl sites for hydroxylation is 1. The summed E-state index contributed by atoms with van der Waals surface area (Å²) < 4.78 is 19.7. The molecule has 1 aliphatic rings. The number of carbonyl (C=O) groups excluding carboxylic acids is 3. The molecule has 0 amide bonds. The van der Waals surface area contributed by atoms with Crippen molar-refractivity contribution < 1.29 is 33.3 Å². The Kier molecular flexibility index (Phi) is 5.76. The molecule has 8 nitrogen and oxygen atoms in total. The van der Waals surface area contributed by atoms with Crippen molar-refractivity contribution >= 4 is 23.6 Å². The van der Waals surface area contributed by atoms with Gasteiger partial charge in [-0.05, 0) is 24.6 Å². The summed E-state index contributed by atoms with van der Waals surface area (Å²) in [6.45, 7) is 1.73. The first-order chi connectivity index (χ1) is 11.9. The van der Waals surface area contributed by atoms with Crippen molar-refractivity contribution in [1.82, 2.24) is 0 Å². The van der Waals surface area contributed by atoms with Gasteiger partial charge in [0.05, 0.1) is 39.1 Å². The van der Waals surface area contributed by atoms with Crippen LogP contribution in [-0.4, -0.2) is 52.6 Å². The Morgan fingerprint density at radius 3 is 2.24 bits per heavy atom. The quantitative estimate of drug-likeness (QED) is 0.591. The Morgan fingerprint density at radius 2 is 1.64 bits per heavy atom. The molecule has 1 heterocycles. The second-order valence-electron chi connectivity index (χ2n) is 5.21. The van der Waals surface area contributed by atoms with Crippen LogP contribution in [0, 0.1) is 6.92 Å². The first-order valence-electron chi connectivity index (χ1n) is 7.38. The summed E-state index contributed by atoms with van der Waals surface area (Å²) in [5, 5.41) is 0. The third-order valence-corrected chi connectivity index (χ3v) is 3.75. The maximum absolute atomic E-state index is 12.3. The fourth-order valence-corrected chi connectivity index (χ4v) is 2.48. The highest BCUT2D eigenvalue weighted by Gasteiger charge is 2.33. The molecule has 0 saturated heterocycles. The summed E-state index contributed by atoms with van der Waals surface area (Å²) in [4.78, 5) is 37.6. The molecule has 0 atom stereocenters. The van der Waals surface area contributed by atoms with Gasteiger partial charge in [0.15, 0.2) is 0 Å². The second kappa shape index (κ2) is 7.80. The molecule has 0 saturated carbocycles. The van der Waals surface area contributed by atoms with Crippen molar-refractivity contribution in [2.75, 3.05) is 39.6 Å². The first kappa shape index (κ1) is 18.5. The monoisotopic (exact) mass is 349 g/mol. The molecule has 0 spiro atoms. The molecule has 0 aromatic heterocycles. The van der Waals surface area contributed by atoms with Gasteiger partial charge in [0.2, 0.25) is 0 Å². The molecule has 1 aromatic carbocycles. The number of esters is 3. The molecule has 1 aromatic rings. The van der Waals surface area contributed by atoms with Crippen LogP contribution < -0.4 is 4.90 Å². The van der Waals surface area contributed by atoms with Crippen LogP contribution in [0.3, 0.4) is 0 Å². The third-order valence-electron chi connectivity index (χ3n) is 3.75. The van der Waals surface area contributed by atoms with E-state index in [0.29, 0.717) is 11.3 Å². The number of anilines is 1. The van der Waals surface area contributed by atoms with Gasteiger partial charge in [0.25, 0.3) is 0 Å². The van der Waals surface area contributed by atoms with Gasteiger partial charge in [0.1, 0.15) is 12.4 Å². The topological polar surface area (TPSA) is 91.4 Å². The van der Waals surface area contributed by atoms with Crippen LogP contribution in [-0.2, 0) is 28.5 Å². The summed E-state index contributed by atoms with van der Waals surface area (Å²) in [5.41, 5.74) is 1.65. The Labute approximate surface area is 144 Å². The average Bonchev–Trinajstić information content (AvgIpc) is 2.65. The van der Waals surface area contributed by atoms with Crippen LogP contribution in [0.25, 0.3) is 0 Å². The van der Waals surface area contributed by atoms with Crippen LogP contribution in [0.1, 0.15) is 15.9 Å². The number of rotatable bonds is 4. The maximum Gasteiger partial charge on any atom is 0.355 e. The minimum absolute atomic E-state index is 0.0103. The Morgan fingerprint density at radius 1 is 1.00 bits per heavy atom. The third kappa shape index (κ3) is 3.63. The highest BCUT2D eigenvalue weighted by atomic mass is 16.5. The molecule has 0 N–H and O–H groups in total. The standard InChI is InChI=1S/C17H19NO7/c1-10-5-6-11(15(19)22-2)7-13(10)18-9-25-8-12(16(20)23-3)14(18)17(21)24-4/h5-7H,8-9H2,1-4H3. The normalized spacial score (nSPS) is 14.2. The summed E-state index contributed by atoms with van der Waals surface area (Å²) in [6, 6.07) is 4.88. The minimum atomic E-state index is -0.702. The van der Waals surface area contributed by atoms with E-state index in [9.17, 15) is 14.4 Å². The zero-order valence-electron chi connectivity index (χ0n) is 14.5.